The number of aliphatic hydroxyl groups is 8. The van der Waals surface area contributed by atoms with E-state index in [-0.39, 0.29) is 53.0 Å². The molecule has 15 unspecified atom stereocenters. The number of nitrogens with zero attached hydrogens (tertiary/aromatic N) is 5. The Morgan fingerprint density at radius 2 is 1.39 bits per heavy atom. The van der Waals surface area contributed by atoms with E-state index in [1.807, 2.05) is 29.6 Å². The molecule has 0 aliphatic carbocycles. The summed E-state index contributed by atoms with van der Waals surface area (Å²) >= 11 is 1.20. The van der Waals surface area contributed by atoms with Gasteiger partial charge in [-0.1, -0.05) is 36.5 Å². The fourth-order valence-corrected chi connectivity index (χ4v) is 12.0. The van der Waals surface area contributed by atoms with Gasteiger partial charge >= 0.3 is 29.6 Å². The summed E-state index contributed by atoms with van der Waals surface area (Å²) in [4.78, 5) is 117. The number of piperidine rings is 1. The SMILES string of the molecule is CC(O)C1NC(=O)C(NC(=O)c2ccc(-c3nnc(-c4ccc(N5CCCCC5)cc4)s3)cc2)CC(O)C(O)NC(=O)C2C(O)C(C)CN2C(=O)C(C(O)CC(N)=O)NC(=O)C(C(O)C(O)c2ccc(O)c(OSOO[O-])c2)NC(=O)C2CC(O)CN2C1=O.[Na+]. The second-order valence-corrected chi connectivity index (χ2v) is 23.5. The molecule has 482 valence electrons. The number of fused-ring (bicyclic) bond motifs is 2. The Morgan fingerprint density at radius 1 is 0.778 bits per heavy atom. The number of benzene rings is 3. The van der Waals surface area contributed by atoms with Crippen molar-refractivity contribution in [1.29, 1.82) is 0 Å². The Bertz CT molecular complexity index is 3210. The third-order valence-corrected chi connectivity index (χ3v) is 17.1. The number of hydrogen-bond acceptors (Lipinski definition) is 26. The van der Waals surface area contributed by atoms with Gasteiger partial charge in [0.05, 0.1) is 30.8 Å². The van der Waals surface area contributed by atoms with Crippen molar-refractivity contribution in [2.45, 2.75) is 138 Å². The van der Waals surface area contributed by atoms with Crippen LogP contribution >= 0.6 is 23.7 Å². The van der Waals surface area contributed by atoms with Gasteiger partial charge < -0.3 is 102 Å². The quantitative estimate of drug-likeness (QED) is 0.0163. The van der Waals surface area contributed by atoms with Gasteiger partial charge in [0.2, 0.25) is 41.4 Å². The van der Waals surface area contributed by atoms with Crippen LogP contribution in [0.1, 0.15) is 74.4 Å². The molecule has 0 bridgehead atoms. The molecule has 15 atom stereocenters. The summed E-state index contributed by atoms with van der Waals surface area (Å²) in [5, 5.41) is 136. The average Bonchev–Trinajstić information content (AvgIpc) is 1.85. The number of carbonyl (C=O) groups excluding carboxylic acids is 8. The standard InChI is InChI=1S/C55H69N11O21S2.Na/c1-24-22-66-42(43(24)73)51(81)61-49(79)36(71)20-32(57-46(76)26-6-8-27(9-7-26)52-62-63-53(88-52)28-10-13-30(14-11-28)64-16-4-3-5-17-64)47(77)58-39(25(2)67)54(82)65-23-31(68)19-33(65)48(78)60-41(50(80)59-40(55(66)83)35(70)21-38(56)72)45(75)44(74)29-12-15-34(69)37(18-29)85-89-87-86-84;/h6-15,18,24-25,31-33,35-36,39-45,49,67-71,73-75,79,84H,3-5,16-17,19-23H2,1-2H3,(H2,56,72)(H,57,76)(H,58,77)(H,59,80)(H,60,78)(H,61,81);/q;+1/p-1. The van der Waals surface area contributed by atoms with Gasteiger partial charge in [0, 0.05) is 67.3 Å². The molecular weight excluding hydrogens is 1240 g/mol. The maximum absolute atomic E-state index is 14.7. The summed E-state index contributed by atoms with van der Waals surface area (Å²) in [7, 11) is 0. The normalized spacial score (nSPS) is 27.1. The number of aliphatic hydroxyl groups excluding tert-OH is 8. The molecule has 32 nitrogen and oxygen atoms in total. The molecule has 8 amide bonds. The van der Waals surface area contributed by atoms with E-state index in [2.05, 4.69) is 45.7 Å². The summed E-state index contributed by atoms with van der Waals surface area (Å²) in [6, 6.07) is 3.87. The number of aromatic hydroxyl groups is 1. The van der Waals surface area contributed by atoms with E-state index in [1.165, 1.54) is 36.8 Å². The van der Waals surface area contributed by atoms with Crippen LogP contribution in [0.2, 0.25) is 0 Å². The molecule has 90 heavy (non-hydrogen) atoms. The van der Waals surface area contributed by atoms with E-state index in [0.717, 1.165) is 62.3 Å². The number of carbonyl (C=O) groups is 8. The molecule has 4 fully saturated rings. The zero-order chi connectivity index (χ0) is 64.5. The van der Waals surface area contributed by atoms with Crippen LogP contribution in [0.5, 0.6) is 11.5 Å². The summed E-state index contributed by atoms with van der Waals surface area (Å²) < 4.78 is 9.03. The summed E-state index contributed by atoms with van der Waals surface area (Å²) in [5.74, 6) is -12.8. The summed E-state index contributed by atoms with van der Waals surface area (Å²) in [5.41, 5.74) is 7.42. The molecular formula is C55H68N11NaO21S2. The van der Waals surface area contributed by atoms with Gasteiger partial charge in [0.15, 0.2) is 17.7 Å². The average molecular weight is 1310 g/mol. The van der Waals surface area contributed by atoms with Gasteiger partial charge in [-0.15, -0.1) is 14.5 Å². The number of aromatic nitrogens is 2. The van der Waals surface area contributed by atoms with Crippen LogP contribution in [0.3, 0.4) is 0 Å². The van der Waals surface area contributed by atoms with Gasteiger partial charge in [0.25, 0.3) is 18.2 Å². The molecule has 35 heteroatoms. The van der Waals surface area contributed by atoms with E-state index in [1.54, 1.807) is 12.1 Å². The van der Waals surface area contributed by atoms with Gasteiger partial charge in [-0.3, -0.25) is 43.4 Å². The fourth-order valence-electron chi connectivity index (χ4n) is 10.9. The number of rotatable bonds is 16. The number of phenolic OH excluding ortho intramolecular Hbond substituents is 1. The van der Waals surface area contributed by atoms with E-state index in [4.69, 9.17) is 9.92 Å². The van der Waals surface area contributed by atoms with Crippen LogP contribution in [0.25, 0.3) is 21.1 Å². The topological polar surface area (TPSA) is 491 Å². The van der Waals surface area contributed by atoms with Crippen LogP contribution < -0.4 is 76.2 Å². The molecule has 4 saturated heterocycles. The summed E-state index contributed by atoms with van der Waals surface area (Å²) in [6.07, 6.45) is -16.2. The van der Waals surface area contributed by atoms with Crippen LogP contribution in [-0.2, 0) is 42.9 Å². The van der Waals surface area contributed by atoms with E-state index in [9.17, 15) is 89.6 Å². The number of phenols is 1. The van der Waals surface area contributed by atoms with Gasteiger partial charge in [0.1, 0.15) is 64.6 Å². The third-order valence-electron chi connectivity index (χ3n) is 15.7. The number of anilines is 1. The van der Waals surface area contributed by atoms with Crippen LogP contribution in [0.15, 0.2) is 66.7 Å². The van der Waals surface area contributed by atoms with Crippen LogP contribution in [-0.4, -0.2) is 218 Å². The molecule has 8 rings (SSSR count). The van der Waals surface area contributed by atoms with Crippen molar-refractivity contribution in [3.05, 3.63) is 77.9 Å². The molecule has 0 radical (unpaired) electrons. The van der Waals surface area contributed by atoms with Crippen molar-refractivity contribution in [3.63, 3.8) is 0 Å². The smallest absolute Gasteiger partial charge is 0.691 e. The Morgan fingerprint density at radius 3 is 2.01 bits per heavy atom. The maximum atomic E-state index is 14.7. The number of nitrogens with two attached hydrogens (primary N) is 1. The predicted molar refractivity (Wildman–Crippen MR) is 306 cm³/mol. The third kappa shape index (κ3) is 16.9. The Kier molecular flexibility index (Phi) is 24.8. The first-order chi connectivity index (χ1) is 42.3. The monoisotopic (exact) mass is 1310 g/mol. The first-order valence-corrected chi connectivity index (χ1v) is 29.6. The van der Waals surface area contributed by atoms with E-state index < -0.39 is 182 Å². The summed E-state index contributed by atoms with van der Waals surface area (Å²) in [6.45, 7) is 3.17. The number of hydrogen-bond donors (Lipinski definition) is 15. The van der Waals surface area contributed by atoms with Crippen molar-refractivity contribution in [1.82, 2.24) is 46.6 Å². The van der Waals surface area contributed by atoms with Crippen molar-refractivity contribution in [3.8, 4) is 32.6 Å². The van der Waals surface area contributed by atoms with Crippen molar-refractivity contribution in [2.24, 2.45) is 11.7 Å². The Labute approximate surface area is 543 Å². The number of nitrogens with one attached hydrogen (secondary N) is 5. The van der Waals surface area contributed by atoms with Crippen LogP contribution in [0.4, 0.5) is 5.69 Å². The van der Waals surface area contributed by atoms with E-state index in [0.29, 0.717) is 25.4 Å². The Balaban J connectivity index is 0.0000115. The fraction of sp³-hybridized carbons (Fsp3) is 0.491. The van der Waals surface area contributed by atoms with Gasteiger partial charge in [-0.2, -0.15) is 0 Å². The molecule has 5 heterocycles. The molecule has 3 aromatic carbocycles. The van der Waals surface area contributed by atoms with Crippen molar-refractivity contribution >= 4 is 76.6 Å². The molecule has 4 aliphatic rings. The van der Waals surface area contributed by atoms with Gasteiger partial charge in [-0.05, 0) is 80.3 Å². The minimum absolute atomic E-state index is 0. The predicted octanol–water partition coefficient (Wildman–Crippen LogP) is -7.63. The minimum atomic E-state index is -2.57. The second-order valence-electron chi connectivity index (χ2n) is 22.1. The minimum Gasteiger partial charge on any atom is -0.691 e. The molecule has 1 aromatic heterocycles. The zero-order valence-electron chi connectivity index (χ0n) is 48.6. The first-order valence-electron chi connectivity index (χ1n) is 28.1. The number of amides is 8. The maximum Gasteiger partial charge on any atom is 1.00 e. The van der Waals surface area contributed by atoms with Crippen molar-refractivity contribution < 1.29 is 133 Å². The number of primary amides is 1. The second kappa shape index (κ2) is 31.5. The first kappa shape index (κ1) is 70.7. The van der Waals surface area contributed by atoms with Crippen LogP contribution in [0, 0.1) is 5.92 Å². The molecule has 0 saturated carbocycles. The van der Waals surface area contributed by atoms with Gasteiger partial charge in [-0.25, -0.2) is 0 Å². The molecule has 4 aliphatic heterocycles. The zero-order valence-corrected chi connectivity index (χ0v) is 52.3. The van der Waals surface area contributed by atoms with E-state index >= 15 is 0 Å². The molecule has 0 spiro atoms. The van der Waals surface area contributed by atoms with Crippen molar-refractivity contribution in [2.75, 3.05) is 31.1 Å². The Hall–Kier alpha value is -6.71. The molecule has 16 N–H and O–H groups in total. The molecule has 4 aromatic rings. The largest absolute Gasteiger partial charge is 1.00 e.